The van der Waals surface area contributed by atoms with E-state index in [9.17, 15) is 19.1 Å². The molecular weight excluding hydrogens is 317 g/mol. The number of ether oxygens (including phenoxy) is 2. The first-order valence-corrected chi connectivity index (χ1v) is 7.98. The third kappa shape index (κ3) is 4.92. The molecule has 1 heterocycles. The van der Waals surface area contributed by atoms with Crippen LogP contribution < -0.4 is 10.1 Å². The predicted molar refractivity (Wildman–Crippen MR) is 84.3 cm³/mol. The zero-order valence-corrected chi connectivity index (χ0v) is 13.6. The molecule has 6 nitrogen and oxygen atoms in total. The smallest absolute Gasteiger partial charge is 0.330 e. The summed E-state index contributed by atoms with van der Waals surface area (Å²) >= 11 is 0. The van der Waals surface area contributed by atoms with Gasteiger partial charge in [0.05, 0.1) is 13.2 Å². The van der Waals surface area contributed by atoms with E-state index in [1.165, 1.54) is 19.2 Å². The lowest BCUT2D eigenvalue weighted by Gasteiger charge is -2.22. The van der Waals surface area contributed by atoms with Crippen LogP contribution >= 0.6 is 0 Å². The van der Waals surface area contributed by atoms with Crippen molar-refractivity contribution in [2.75, 3.05) is 13.7 Å². The molecule has 1 aromatic carbocycles. The largest absolute Gasteiger partial charge is 0.494 e. The second kappa shape index (κ2) is 8.63. The number of halogens is 1. The molecule has 2 atom stereocenters. The first-order valence-electron chi connectivity index (χ1n) is 7.98. The first kappa shape index (κ1) is 18.2. The molecule has 0 aliphatic carbocycles. The van der Waals surface area contributed by atoms with Gasteiger partial charge in [-0.25, -0.2) is 9.18 Å². The molecule has 7 heteroatoms. The molecule has 24 heavy (non-hydrogen) atoms. The minimum absolute atomic E-state index is 0.0173. The Morgan fingerprint density at radius 1 is 1.46 bits per heavy atom. The number of carboxylic acids is 1. The lowest BCUT2D eigenvalue weighted by molar-refractivity contribution is -0.142. The first-order chi connectivity index (χ1) is 11.5. The van der Waals surface area contributed by atoms with E-state index in [2.05, 4.69) is 5.32 Å². The van der Waals surface area contributed by atoms with Gasteiger partial charge in [-0.3, -0.25) is 4.79 Å². The number of aliphatic carboxylic acids is 1. The van der Waals surface area contributed by atoms with Crippen LogP contribution in [0.15, 0.2) is 18.2 Å². The Labute approximate surface area is 139 Å². The summed E-state index contributed by atoms with van der Waals surface area (Å²) in [6.45, 7) is 0.704. The van der Waals surface area contributed by atoms with Gasteiger partial charge < -0.3 is 19.9 Å². The van der Waals surface area contributed by atoms with Crippen molar-refractivity contribution in [1.29, 1.82) is 0 Å². The number of methoxy groups -OCH3 is 1. The molecular formula is C17H22FNO5. The van der Waals surface area contributed by atoms with Gasteiger partial charge in [-0.2, -0.15) is 0 Å². The summed E-state index contributed by atoms with van der Waals surface area (Å²) in [4.78, 5) is 23.4. The lowest BCUT2D eigenvalue weighted by Crippen LogP contribution is -2.34. The zero-order valence-electron chi connectivity index (χ0n) is 13.6. The lowest BCUT2D eigenvalue weighted by atomic mass is 10.0. The van der Waals surface area contributed by atoms with Gasteiger partial charge in [0.15, 0.2) is 17.6 Å². The van der Waals surface area contributed by atoms with Crippen LogP contribution in [-0.2, 0) is 14.3 Å². The molecule has 1 aliphatic rings. The summed E-state index contributed by atoms with van der Waals surface area (Å²) in [7, 11) is 1.32. The Bertz CT molecular complexity index is 586. The quantitative estimate of drug-likeness (QED) is 0.797. The highest BCUT2D eigenvalue weighted by molar-refractivity contribution is 5.84. The molecule has 1 saturated heterocycles. The average Bonchev–Trinajstić information content (AvgIpc) is 2.58. The van der Waals surface area contributed by atoms with Gasteiger partial charge in [0.2, 0.25) is 5.91 Å². The second-order valence-electron chi connectivity index (χ2n) is 5.76. The number of amides is 1. The van der Waals surface area contributed by atoms with Gasteiger partial charge in [-0.15, -0.1) is 0 Å². The predicted octanol–water partition coefficient (Wildman–Crippen LogP) is 2.43. The summed E-state index contributed by atoms with van der Waals surface area (Å²) in [6.07, 6.45) is 3.80. The van der Waals surface area contributed by atoms with Crippen molar-refractivity contribution in [1.82, 2.24) is 5.32 Å². The van der Waals surface area contributed by atoms with E-state index in [1.54, 1.807) is 0 Å². The molecule has 0 bridgehead atoms. The van der Waals surface area contributed by atoms with Gasteiger partial charge in [-0.05, 0) is 43.4 Å². The number of carbonyl (C=O) groups excluding carboxylic acids is 1. The topological polar surface area (TPSA) is 84.9 Å². The highest BCUT2D eigenvalue weighted by Crippen LogP contribution is 2.23. The Hall–Kier alpha value is -2.15. The van der Waals surface area contributed by atoms with Crippen molar-refractivity contribution >= 4 is 11.9 Å². The molecule has 1 amide bonds. The molecule has 0 spiro atoms. The number of nitrogens with one attached hydrogen (secondary N) is 1. The van der Waals surface area contributed by atoms with E-state index >= 15 is 0 Å². The number of rotatable bonds is 7. The SMILES string of the molecule is COc1ccc(C(NC(=O)CCC2CCCCO2)C(=O)O)cc1F. The molecule has 2 rings (SSSR count). The molecule has 0 saturated carbocycles. The number of carbonyl (C=O) groups is 2. The van der Waals surface area contributed by atoms with Gasteiger partial charge >= 0.3 is 5.97 Å². The molecule has 1 fully saturated rings. The minimum atomic E-state index is -1.30. The molecule has 132 valence electrons. The summed E-state index contributed by atoms with van der Waals surface area (Å²) in [6, 6.07) is 2.51. The number of benzene rings is 1. The van der Waals surface area contributed by atoms with E-state index in [0.717, 1.165) is 25.3 Å². The fraction of sp³-hybridized carbons (Fsp3) is 0.529. The zero-order chi connectivity index (χ0) is 17.5. The Morgan fingerprint density at radius 3 is 2.83 bits per heavy atom. The molecule has 0 aromatic heterocycles. The molecule has 2 unspecified atom stereocenters. The maximum absolute atomic E-state index is 13.8. The van der Waals surface area contributed by atoms with Crippen LogP contribution in [0.5, 0.6) is 5.75 Å². The van der Waals surface area contributed by atoms with Crippen LogP contribution in [0.3, 0.4) is 0 Å². The van der Waals surface area contributed by atoms with Crippen LogP contribution in [0.1, 0.15) is 43.7 Å². The fourth-order valence-electron chi connectivity index (χ4n) is 2.71. The normalized spacial score (nSPS) is 18.7. The van der Waals surface area contributed by atoms with Crippen LogP contribution in [-0.4, -0.2) is 36.8 Å². The van der Waals surface area contributed by atoms with Crippen LogP contribution in [0.25, 0.3) is 0 Å². The van der Waals surface area contributed by atoms with E-state index in [4.69, 9.17) is 9.47 Å². The molecule has 1 aromatic rings. The highest BCUT2D eigenvalue weighted by atomic mass is 19.1. The third-order valence-electron chi connectivity index (χ3n) is 4.03. The number of hydrogen-bond acceptors (Lipinski definition) is 4. The molecule has 0 radical (unpaired) electrons. The summed E-state index contributed by atoms with van der Waals surface area (Å²) in [5.74, 6) is -2.30. The van der Waals surface area contributed by atoms with Crippen LogP contribution in [0.2, 0.25) is 0 Å². The minimum Gasteiger partial charge on any atom is -0.494 e. The van der Waals surface area contributed by atoms with Gasteiger partial charge in [0.1, 0.15) is 0 Å². The molecule has 1 aliphatic heterocycles. The van der Waals surface area contributed by atoms with Crippen molar-refractivity contribution in [2.45, 2.75) is 44.2 Å². The van der Waals surface area contributed by atoms with Crippen molar-refractivity contribution in [3.05, 3.63) is 29.6 Å². The number of hydrogen-bond donors (Lipinski definition) is 2. The highest BCUT2D eigenvalue weighted by Gasteiger charge is 2.24. The van der Waals surface area contributed by atoms with Gasteiger partial charge in [-0.1, -0.05) is 6.07 Å². The third-order valence-corrected chi connectivity index (χ3v) is 4.03. The van der Waals surface area contributed by atoms with E-state index < -0.39 is 23.7 Å². The second-order valence-corrected chi connectivity index (χ2v) is 5.76. The number of carboxylic acid groups (broad SMARTS) is 1. The summed E-state index contributed by atoms with van der Waals surface area (Å²) < 4.78 is 24.1. The van der Waals surface area contributed by atoms with Crippen molar-refractivity contribution in [2.24, 2.45) is 0 Å². The molecule has 2 N–H and O–H groups in total. The summed E-state index contributed by atoms with van der Waals surface area (Å²) in [5.41, 5.74) is 0.156. The van der Waals surface area contributed by atoms with E-state index in [1.807, 2.05) is 0 Å². The van der Waals surface area contributed by atoms with Crippen molar-refractivity contribution in [3.8, 4) is 5.75 Å². The maximum atomic E-state index is 13.8. The Morgan fingerprint density at radius 2 is 2.25 bits per heavy atom. The average molecular weight is 339 g/mol. The van der Waals surface area contributed by atoms with Crippen LogP contribution in [0.4, 0.5) is 4.39 Å². The fourth-order valence-corrected chi connectivity index (χ4v) is 2.71. The van der Waals surface area contributed by atoms with Gasteiger partial charge in [0, 0.05) is 13.0 Å². The Kier molecular flexibility index (Phi) is 6.54. The van der Waals surface area contributed by atoms with E-state index in [0.29, 0.717) is 13.0 Å². The van der Waals surface area contributed by atoms with E-state index in [-0.39, 0.29) is 23.8 Å². The van der Waals surface area contributed by atoms with Gasteiger partial charge in [0.25, 0.3) is 0 Å². The standard InChI is InChI=1S/C17H22FNO5/c1-23-14-7-5-11(10-13(14)18)16(17(21)22)19-15(20)8-6-12-4-2-3-9-24-12/h5,7,10,12,16H,2-4,6,8-9H2,1H3,(H,19,20)(H,21,22). The maximum Gasteiger partial charge on any atom is 0.330 e. The van der Waals surface area contributed by atoms with Crippen molar-refractivity contribution in [3.63, 3.8) is 0 Å². The monoisotopic (exact) mass is 339 g/mol. The van der Waals surface area contributed by atoms with Crippen LogP contribution in [0, 0.1) is 5.82 Å². The Balaban J connectivity index is 1.96. The summed E-state index contributed by atoms with van der Waals surface area (Å²) in [5, 5.41) is 11.8. The van der Waals surface area contributed by atoms with Crippen molar-refractivity contribution < 1.29 is 28.6 Å².